The van der Waals surface area contributed by atoms with E-state index in [0.29, 0.717) is 0 Å². The van der Waals surface area contributed by atoms with E-state index in [1.165, 1.54) is 86.2 Å². The van der Waals surface area contributed by atoms with Crippen LogP contribution in [0.15, 0.2) is 170 Å². The Morgan fingerprint density at radius 3 is 1.56 bits per heavy atom. The van der Waals surface area contributed by atoms with Crippen molar-refractivity contribution in [1.29, 1.82) is 0 Å². The molecule has 1 aromatic heterocycles. The molecule has 210 valence electrons. The fourth-order valence-electron chi connectivity index (χ4n) is 6.88. The molecule has 0 atom stereocenters. The average molecular weight is 589 g/mol. The van der Waals surface area contributed by atoms with E-state index in [-0.39, 0.29) is 0 Å². The standard InChI is InChI=1S/C44H28S/c1-2-13-35-29(9-1)10-8-17-36(35)30-19-21-31(22-20-30)37-24-25-38(40-15-4-3-14-39(37)40)34-12-7-11-32(27-34)33-23-26-44-42(28-33)41-16-5-6-18-43(41)45-44/h1-28H. The maximum absolute atomic E-state index is 2.36. The van der Waals surface area contributed by atoms with Crippen LogP contribution in [0.25, 0.3) is 86.2 Å². The van der Waals surface area contributed by atoms with Gasteiger partial charge in [-0.3, -0.25) is 0 Å². The summed E-state index contributed by atoms with van der Waals surface area (Å²) in [6.07, 6.45) is 0. The maximum Gasteiger partial charge on any atom is 0.0355 e. The molecule has 0 fully saturated rings. The highest BCUT2D eigenvalue weighted by Gasteiger charge is 2.12. The van der Waals surface area contributed by atoms with Crippen LogP contribution in [0.1, 0.15) is 0 Å². The van der Waals surface area contributed by atoms with Gasteiger partial charge in [0.1, 0.15) is 0 Å². The summed E-state index contributed by atoms with van der Waals surface area (Å²) in [6.45, 7) is 0. The van der Waals surface area contributed by atoms with Gasteiger partial charge in [0.25, 0.3) is 0 Å². The Bertz CT molecular complexity index is 2530. The van der Waals surface area contributed by atoms with Gasteiger partial charge in [0, 0.05) is 20.2 Å². The van der Waals surface area contributed by atoms with E-state index >= 15 is 0 Å². The first-order chi connectivity index (χ1) is 22.3. The van der Waals surface area contributed by atoms with Gasteiger partial charge in [-0.15, -0.1) is 11.3 Å². The van der Waals surface area contributed by atoms with Crippen LogP contribution >= 0.6 is 11.3 Å². The van der Waals surface area contributed by atoms with Gasteiger partial charge in [-0.05, 0) is 90.3 Å². The van der Waals surface area contributed by atoms with Gasteiger partial charge >= 0.3 is 0 Å². The highest BCUT2D eigenvalue weighted by Crippen LogP contribution is 2.40. The third-order valence-corrected chi connectivity index (χ3v) is 10.3. The predicted molar refractivity (Wildman–Crippen MR) is 196 cm³/mol. The lowest BCUT2D eigenvalue weighted by molar-refractivity contribution is 1.60. The molecular weight excluding hydrogens is 561 g/mol. The van der Waals surface area contributed by atoms with Gasteiger partial charge in [-0.25, -0.2) is 0 Å². The number of hydrogen-bond donors (Lipinski definition) is 0. The SMILES string of the molecule is c1cc(-c2ccc3sc4ccccc4c3c2)cc(-c2ccc(-c3ccc(-c4cccc5ccccc45)cc3)c3ccccc23)c1. The normalized spacial score (nSPS) is 11.6. The Kier molecular flexibility index (Phi) is 6.11. The van der Waals surface area contributed by atoms with Gasteiger partial charge in [-0.2, -0.15) is 0 Å². The smallest absolute Gasteiger partial charge is 0.0355 e. The number of fused-ring (bicyclic) bond motifs is 5. The van der Waals surface area contributed by atoms with Crippen molar-refractivity contribution in [3.63, 3.8) is 0 Å². The Morgan fingerprint density at radius 1 is 0.267 bits per heavy atom. The molecule has 1 heteroatoms. The topological polar surface area (TPSA) is 0 Å². The fraction of sp³-hybridized carbons (Fsp3) is 0. The Balaban J connectivity index is 1.11. The molecule has 0 radical (unpaired) electrons. The number of hydrogen-bond acceptors (Lipinski definition) is 1. The number of thiophene rings is 1. The van der Waals surface area contributed by atoms with Crippen molar-refractivity contribution in [2.24, 2.45) is 0 Å². The zero-order valence-corrected chi connectivity index (χ0v) is 25.4. The van der Waals surface area contributed by atoms with Gasteiger partial charge in [-0.1, -0.05) is 146 Å². The summed E-state index contributed by atoms with van der Waals surface area (Å²) in [5, 5.41) is 7.76. The molecule has 0 saturated carbocycles. The largest absolute Gasteiger partial charge is 0.135 e. The summed E-state index contributed by atoms with van der Waals surface area (Å²) in [7, 11) is 0. The first-order valence-electron chi connectivity index (χ1n) is 15.4. The van der Waals surface area contributed by atoms with Crippen molar-refractivity contribution in [3.05, 3.63) is 170 Å². The van der Waals surface area contributed by atoms with Crippen molar-refractivity contribution in [2.45, 2.75) is 0 Å². The molecule has 9 aromatic rings. The third-order valence-electron chi connectivity index (χ3n) is 9.10. The van der Waals surface area contributed by atoms with E-state index in [9.17, 15) is 0 Å². The summed E-state index contributed by atoms with van der Waals surface area (Å²) < 4.78 is 2.68. The molecule has 0 unspecified atom stereocenters. The molecule has 0 aliphatic carbocycles. The highest BCUT2D eigenvalue weighted by molar-refractivity contribution is 7.25. The quantitative estimate of drug-likeness (QED) is 0.192. The van der Waals surface area contributed by atoms with Crippen LogP contribution in [-0.4, -0.2) is 0 Å². The lowest BCUT2D eigenvalue weighted by Crippen LogP contribution is -1.88. The molecule has 0 bridgehead atoms. The van der Waals surface area contributed by atoms with Crippen LogP contribution in [-0.2, 0) is 0 Å². The second-order valence-corrected chi connectivity index (χ2v) is 12.8. The lowest BCUT2D eigenvalue weighted by atomic mass is 9.90. The molecule has 0 nitrogen and oxygen atoms in total. The molecule has 0 amide bonds. The minimum absolute atomic E-state index is 1.23. The predicted octanol–water partition coefficient (Wildman–Crippen LogP) is 13.0. The van der Waals surface area contributed by atoms with E-state index in [2.05, 4.69) is 170 Å². The summed E-state index contributed by atoms with van der Waals surface area (Å²) in [6, 6.07) is 62.2. The molecule has 45 heavy (non-hydrogen) atoms. The minimum Gasteiger partial charge on any atom is -0.135 e. The van der Waals surface area contributed by atoms with E-state index < -0.39 is 0 Å². The van der Waals surface area contributed by atoms with Crippen molar-refractivity contribution in [1.82, 2.24) is 0 Å². The molecule has 0 N–H and O–H groups in total. The first kappa shape index (κ1) is 25.9. The van der Waals surface area contributed by atoms with Gasteiger partial charge in [0.2, 0.25) is 0 Å². The summed E-state index contributed by atoms with van der Waals surface area (Å²) in [5.74, 6) is 0. The number of benzene rings is 8. The summed E-state index contributed by atoms with van der Waals surface area (Å²) in [4.78, 5) is 0. The molecule has 0 saturated heterocycles. The highest BCUT2D eigenvalue weighted by atomic mass is 32.1. The van der Waals surface area contributed by atoms with Gasteiger partial charge < -0.3 is 0 Å². The van der Waals surface area contributed by atoms with Gasteiger partial charge in [0.05, 0.1) is 0 Å². The zero-order chi connectivity index (χ0) is 29.7. The Hall–Kier alpha value is -5.50. The van der Waals surface area contributed by atoms with Crippen molar-refractivity contribution >= 4 is 53.1 Å². The van der Waals surface area contributed by atoms with E-state index in [1.54, 1.807) is 0 Å². The fourth-order valence-corrected chi connectivity index (χ4v) is 7.97. The van der Waals surface area contributed by atoms with E-state index in [1.807, 2.05) is 11.3 Å². The molecule has 0 aliphatic rings. The molecule has 0 aliphatic heterocycles. The van der Waals surface area contributed by atoms with Crippen LogP contribution in [0.4, 0.5) is 0 Å². The van der Waals surface area contributed by atoms with Crippen molar-refractivity contribution in [3.8, 4) is 44.5 Å². The van der Waals surface area contributed by atoms with Crippen molar-refractivity contribution < 1.29 is 0 Å². The van der Waals surface area contributed by atoms with E-state index in [0.717, 1.165) is 0 Å². The third kappa shape index (κ3) is 4.44. The second-order valence-electron chi connectivity index (χ2n) is 11.7. The Labute approximate surface area is 266 Å². The lowest BCUT2D eigenvalue weighted by Gasteiger charge is -2.14. The molecule has 8 aromatic carbocycles. The number of rotatable bonds is 4. The molecule has 9 rings (SSSR count). The van der Waals surface area contributed by atoms with Crippen molar-refractivity contribution in [2.75, 3.05) is 0 Å². The molecule has 1 heterocycles. The van der Waals surface area contributed by atoms with Crippen LogP contribution in [0.2, 0.25) is 0 Å². The van der Waals surface area contributed by atoms with Gasteiger partial charge in [0.15, 0.2) is 0 Å². The summed E-state index contributed by atoms with van der Waals surface area (Å²) >= 11 is 1.87. The second kappa shape index (κ2) is 10.6. The minimum atomic E-state index is 1.23. The maximum atomic E-state index is 2.36. The first-order valence-corrected chi connectivity index (χ1v) is 16.2. The van der Waals surface area contributed by atoms with Crippen LogP contribution in [0.5, 0.6) is 0 Å². The Morgan fingerprint density at radius 2 is 0.778 bits per heavy atom. The van der Waals surface area contributed by atoms with Crippen LogP contribution in [0.3, 0.4) is 0 Å². The zero-order valence-electron chi connectivity index (χ0n) is 24.6. The average Bonchev–Trinajstić information content (AvgIpc) is 3.49. The molecular formula is C44H28S. The summed E-state index contributed by atoms with van der Waals surface area (Å²) in [5.41, 5.74) is 9.97. The monoisotopic (exact) mass is 588 g/mol. The van der Waals surface area contributed by atoms with E-state index in [4.69, 9.17) is 0 Å². The molecule has 0 spiro atoms. The van der Waals surface area contributed by atoms with Crippen LogP contribution < -0.4 is 0 Å². The van der Waals surface area contributed by atoms with Crippen LogP contribution in [0, 0.1) is 0 Å².